The van der Waals surface area contributed by atoms with Crippen LogP contribution >= 0.6 is 0 Å². The second-order valence-corrected chi connectivity index (χ2v) is 7.76. The fourth-order valence-corrected chi connectivity index (χ4v) is 3.72. The molecule has 0 amide bonds. The lowest BCUT2D eigenvalue weighted by molar-refractivity contribution is -0.335. The Morgan fingerprint density at radius 2 is 0.914 bits per heavy atom. The average Bonchev–Trinajstić information content (AvgIpc) is 2.72. The second-order valence-electron chi connectivity index (χ2n) is 7.76. The highest BCUT2D eigenvalue weighted by Crippen LogP contribution is 2.31. The van der Waals surface area contributed by atoms with Crippen molar-refractivity contribution in [2.45, 2.75) is 83.8 Å². The highest BCUT2D eigenvalue weighted by Gasteiger charge is 2.52. The van der Waals surface area contributed by atoms with Gasteiger partial charge in [0.25, 0.3) is 0 Å². The van der Waals surface area contributed by atoms with Gasteiger partial charge in [0.1, 0.15) is 6.10 Å². The summed E-state index contributed by atoms with van der Waals surface area (Å²) in [5.74, 6) is -3.58. The predicted molar refractivity (Wildman–Crippen MR) is 109 cm³/mol. The van der Waals surface area contributed by atoms with Gasteiger partial charge in [0.2, 0.25) is 0 Å². The molecule has 0 aromatic heterocycles. The lowest BCUT2D eigenvalue weighted by Crippen LogP contribution is -2.63. The Bertz CT molecular complexity index is 797. The van der Waals surface area contributed by atoms with Gasteiger partial charge in [-0.15, -0.1) is 0 Å². The van der Waals surface area contributed by atoms with Crippen LogP contribution in [0.3, 0.4) is 0 Å². The minimum Gasteiger partial charge on any atom is -0.457 e. The van der Waals surface area contributed by atoms with Gasteiger partial charge in [-0.05, 0) is 0 Å². The van der Waals surface area contributed by atoms with Crippen molar-refractivity contribution in [3.05, 3.63) is 0 Å². The van der Waals surface area contributed by atoms with E-state index in [2.05, 4.69) is 0 Å². The van der Waals surface area contributed by atoms with Gasteiger partial charge < -0.3 is 42.6 Å². The van der Waals surface area contributed by atoms with Crippen molar-refractivity contribution >= 4 is 29.8 Å². The van der Waals surface area contributed by atoms with Crippen molar-refractivity contribution in [1.29, 1.82) is 0 Å². The maximum atomic E-state index is 11.9. The molecular formula is C21H30O14. The molecule has 0 spiro atoms. The standard InChI is InChI=1S/C21H30O14/c1-9(22)30-14-8-29-21(19(34-13(5)26)16(14)32-11(3)24)35-17-15(31-10(2)23)7-28-20(27-6)18(17)33-12(4)25/h14-21H,7-8H2,1-6H3/t14-,15-,16+,17+,18-,19-,20-,21+/m0/s1. The zero-order valence-corrected chi connectivity index (χ0v) is 20.2. The summed E-state index contributed by atoms with van der Waals surface area (Å²) in [4.78, 5) is 58.6. The number of methoxy groups -OCH3 is 1. The van der Waals surface area contributed by atoms with Crippen LogP contribution in [0.5, 0.6) is 0 Å². The first-order chi connectivity index (χ1) is 16.4. The molecule has 0 radical (unpaired) electrons. The first-order valence-corrected chi connectivity index (χ1v) is 10.7. The third-order valence-electron chi connectivity index (χ3n) is 4.83. The summed E-state index contributed by atoms with van der Waals surface area (Å²) in [5, 5.41) is 0. The first kappa shape index (κ1) is 28.4. The van der Waals surface area contributed by atoms with E-state index in [1.807, 2.05) is 0 Å². The maximum absolute atomic E-state index is 11.9. The summed E-state index contributed by atoms with van der Waals surface area (Å²) in [6.45, 7) is 5.21. The van der Waals surface area contributed by atoms with Gasteiger partial charge in [-0.2, -0.15) is 0 Å². The number of ether oxygens (including phenoxy) is 9. The Kier molecular flexibility index (Phi) is 10.4. The molecule has 198 valence electrons. The summed E-state index contributed by atoms with van der Waals surface area (Å²) in [5.41, 5.74) is 0. The molecule has 0 bridgehead atoms. The number of hydrogen-bond donors (Lipinski definition) is 0. The molecule has 0 aromatic carbocycles. The fraction of sp³-hybridized carbons (Fsp3) is 0.762. The van der Waals surface area contributed by atoms with E-state index in [-0.39, 0.29) is 13.2 Å². The van der Waals surface area contributed by atoms with E-state index in [1.165, 1.54) is 14.0 Å². The first-order valence-electron chi connectivity index (χ1n) is 10.7. The van der Waals surface area contributed by atoms with Crippen LogP contribution in [0.25, 0.3) is 0 Å². The molecule has 2 aliphatic rings. The minimum atomic E-state index is -1.42. The zero-order valence-electron chi connectivity index (χ0n) is 20.2. The van der Waals surface area contributed by atoms with Crippen molar-refractivity contribution in [1.82, 2.24) is 0 Å². The lowest BCUT2D eigenvalue weighted by atomic mass is 10.0. The highest BCUT2D eigenvalue weighted by molar-refractivity contribution is 5.68. The van der Waals surface area contributed by atoms with E-state index in [0.29, 0.717) is 0 Å². The van der Waals surface area contributed by atoms with Crippen LogP contribution < -0.4 is 0 Å². The Labute approximate surface area is 201 Å². The van der Waals surface area contributed by atoms with E-state index in [9.17, 15) is 24.0 Å². The van der Waals surface area contributed by atoms with Gasteiger partial charge in [-0.3, -0.25) is 24.0 Å². The van der Waals surface area contributed by atoms with Crippen LogP contribution in [0.4, 0.5) is 0 Å². The lowest BCUT2D eigenvalue weighted by Gasteiger charge is -2.45. The molecule has 0 aromatic rings. The van der Waals surface area contributed by atoms with E-state index in [1.54, 1.807) is 0 Å². The summed E-state index contributed by atoms with van der Waals surface area (Å²) < 4.78 is 48.8. The van der Waals surface area contributed by atoms with Crippen molar-refractivity contribution < 1.29 is 66.6 Å². The molecule has 2 heterocycles. The Balaban J connectivity index is 2.42. The van der Waals surface area contributed by atoms with Crippen LogP contribution in [0.15, 0.2) is 0 Å². The monoisotopic (exact) mass is 506 g/mol. The minimum absolute atomic E-state index is 0.186. The Morgan fingerprint density at radius 3 is 1.34 bits per heavy atom. The van der Waals surface area contributed by atoms with E-state index < -0.39 is 79.1 Å². The molecule has 8 atom stereocenters. The molecular weight excluding hydrogens is 476 g/mol. The maximum Gasteiger partial charge on any atom is 0.303 e. The summed E-state index contributed by atoms with van der Waals surface area (Å²) in [7, 11) is 1.31. The topological polar surface area (TPSA) is 168 Å². The quantitative estimate of drug-likeness (QED) is 0.302. The Morgan fingerprint density at radius 1 is 0.543 bits per heavy atom. The largest absolute Gasteiger partial charge is 0.457 e. The van der Waals surface area contributed by atoms with Gasteiger partial charge >= 0.3 is 29.8 Å². The number of hydrogen-bond acceptors (Lipinski definition) is 14. The third-order valence-corrected chi connectivity index (χ3v) is 4.83. The summed E-state index contributed by atoms with van der Waals surface area (Å²) in [6, 6.07) is 0. The molecule has 2 aliphatic heterocycles. The summed E-state index contributed by atoms with van der Waals surface area (Å²) in [6.07, 6.45) is -9.86. The molecule has 14 nitrogen and oxygen atoms in total. The van der Waals surface area contributed by atoms with Gasteiger partial charge in [0, 0.05) is 41.7 Å². The second kappa shape index (κ2) is 12.8. The van der Waals surface area contributed by atoms with Crippen LogP contribution in [-0.2, 0) is 66.6 Å². The van der Waals surface area contributed by atoms with Crippen LogP contribution in [0, 0.1) is 0 Å². The van der Waals surface area contributed by atoms with E-state index in [0.717, 1.165) is 27.7 Å². The average molecular weight is 506 g/mol. The van der Waals surface area contributed by atoms with Crippen molar-refractivity contribution in [2.75, 3.05) is 20.3 Å². The van der Waals surface area contributed by atoms with Crippen LogP contribution in [0.2, 0.25) is 0 Å². The predicted octanol–water partition coefficient (Wildman–Crippen LogP) is -0.611. The number of carbonyl (C=O) groups is 5. The van der Waals surface area contributed by atoms with Crippen LogP contribution in [0.1, 0.15) is 34.6 Å². The SMILES string of the molecule is CO[C@H]1OC[C@H](OC(C)=O)[C@@H](O[C@H]2OC[C@H](OC(C)=O)[C@@H](OC(C)=O)[C@@H]2OC(C)=O)[C@@H]1OC(C)=O. The molecule has 2 rings (SSSR count). The van der Waals surface area contributed by atoms with Crippen molar-refractivity contribution in [2.24, 2.45) is 0 Å². The zero-order chi connectivity index (χ0) is 26.3. The molecule has 0 N–H and O–H groups in total. The molecule has 0 saturated carbocycles. The van der Waals surface area contributed by atoms with Crippen molar-refractivity contribution in [3.8, 4) is 0 Å². The fourth-order valence-electron chi connectivity index (χ4n) is 3.72. The highest BCUT2D eigenvalue weighted by atomic mass is 16.8. The van der Waals surface area contributed by atoms with E-state index >= 15 is 0 Å². The van der Waals surface area contributed by atoms with Crippen molar-refractivity contribution in [3.63, 3.8) is 0 Å². The summed E-state index contributed by atoms with van der Waals surface area (Å²) >= 11 is 0. The smallest absolute Gasteiger partial charge is 0.303 e. The third kappa shape index (κ3) is 8.13. The van der Waals surface area contributed by atoms with Gasteiger partial charge in [-0.1, -0.05) is 0 Å². The number of esters is 5. The number of carbonyl (C=O) groups excluding carboxylic acids is 5. The molecule has 0 unspecified atom stereocenters. The molecule has 35 heavy (non-hydrogen) atoms. The van der Waals surface area contributed by atoms with Gasteiger partial charge in [-0.25, -0.2) is 0 Å². The molecule has 2 saturated heterocycles. The Hall–Kier alpha value is -2.81. The molecule has 14 heteroatoms. The van der Waals surface area contributed by atoms with E-state index in [4.69, 9.17) is 42.6 Å². The van der Waals surface area contributed by atoms with Crippen LogP contribution in [-0.4, -0.2) is 99.4 Å². The normalized spacial score (nSPS) is 32.6. The molecule has 2 fully saturated rings. The van der Waals surface area contributed by atoms with Gasteiger partial charge in [0.15, 0.2) is 43.1 Å². The molecule has 0 aliphatic carbocycles. The van der Waals surface area contributed by atoms with Gasteiger partial charge in [0.05, 0.1) is 13.2 Å². The number of rotatable bonds is 8.